The lowest BCUT2D eigenvalue weighted by Gasteiger charge is -1.98. The van der Waals surface area contributed by atoms with Crippen molar-refractivity contribution in [3.05, 3.63) is 0 Å². The second-order valence-electron chi connectivity index (χ2n) is 1.03. The monoisotopic (exact) mass is 134 g/mol. The average molecular weight is 134 g/mol. The molecule has 0 aromatic rings. The summed E-state index contributed by atoms with van der Waals surface area (Å²) in [6.07, 6.45) is 0. The van der Waals surface area contributed by atoms with Gasteiger partial charge in [-0.25, -0.2) is 9.59 Å². The van der Waals surface area contributed by atoms with Gasteiger partial charge in [0.15, 0.2) is 0 Å². The zero-order chi connectivity index (χ0) is 7.28. The molecule has 0 aliphatic rings. The number of urea groups is 2. The summed E-state index contributed by atoms with van der Waals surface area (Å²) < 4.78 is 0. The van der Waals surface area contributed by atoms with Crippen molar-refractivity contribution in [2.24, 2.45) is 11.5 Å². The van der Waals surface area contributed by atoms with Gasteiger partial charge >= 0.3 is 12.1 Å². The van der Waals surface area contributed by atoms with Crippen molar-refractivity contribution in [3.8, 4) is 0 Å². The van der Waals surface area contributed by atoms with Gasteiger partial charge in [0.25, 0.3) is 0 Å². The predicted molar refractivity (Wildman–Crippen MR) is 26.5 cm³/mol. The van der Waals surface area contributed by atoms with Crippen molar-refractivity contribution in [2.75, 3.05) is 0 Å². The van der Waals surface area contributed by atoms with E-state index in [0.717, 1.165) is 0 Å². The molecule has 4 amide bonds. The molecule has 0 atom stereocenters. The van der Waals surface area contributed by atoms with Crippen molar-refractivity contribution in [3.63, 3.8) is 0 Å². The maximum Gasteiger partial charge on any atom is 0.338 e. The van der Waals surface area contributed by atoms with Gasteiger partial charge in [0, 0.05) is 0 Å². The fourth-order valence-electron chi connectivity index (χ4n) is 0.126. The van der Waals surface area contributed by atoms with Crippen LogP contribution in [0.15, 0.2) is 0 Å². The molecular formula is C2H6N4O3. The lowest BCUT2D eigenvalue weighted by atomic mass is 11.1. The minimum absolute atomic E-state index is 0.927. The molecular weight excluding hydrogens is 128 g/mol. The first kappa shape index (κ1) is 7.50. The normalized spacial score (nSPS) is 8.00. The third-order valence-corrected chi connectivity index (χ3v) is 0.303. The van der Waals surface area contributed by atoms with E-state index in [2.05, 4.69) is 16.4 Å². The second-order valence-corrected chi connectivity index (χ2v) is 1.03. The summed E-state index contributed by atoms with van der Waals surface area (Å²) in [5, 5.41) is 0. The first-order valence-electron chi connectivity index (χ1n) is 1.89. The molecule has 7 heteroatoms. The number of primary amides is 2. The van der Waals surface area contributed by atoms with E-state index in [0.29, 0.717) is 0 Å². The van der Waals surface area contributed by atoms with Crippen molar-refractivity contribution < 1.29 is 14.5 Å². The number of rotatable bonds is 2. The van der Waals surface area contributed by atoms with Gasteiger partial charge in [-0.3, -0.25) is 0 Å². The Bertz CT molecular complexity index is 109. The fourth-order valence-corrected chi connectivity index (χ4v) is 0.126. The highest BCUT2D eigenvalue weighted by atomic mass is 16.8. The largest absolute Gasteiger partial charge is 0.350 e. The Kier molecular flexibility index (Phi) is 2.91. The second kappa shape index (κ2) is 3.50. The quantitative estimate of drug-likeness (QED) is 0.332. The van der Waals surface area contributed by atoms with Crippen LogP contribution in [0, 0.1) is 0 Å². The van der Waals surface area contributed by atoms with Gasteiger partial charge in [0.1, 0.15) is 0 Å². The molecule has 0 aromatic heterocycles. The SMILES string of the molecule is NC(=O)NONC(N)=O. The standard InChI is InChI=1S/C2H6N4O3/c3-1(7)5-9-6-2(4)8/h(H3,3,5,7)(H3,4,6,8). The predicted octanol–water partition coefficient (Wildman–Crippen LogP) is -1.83. The minimum Gasteiger partial charge on any atom is -0.350 e. The van der Waals surface area contributed by atoms with E-state index in [9.17, 15) is 9.59 Å². The Balaban J connectivity index is 3.10. The van der Waals surface area contributed by atoms with Crippen LogP contribution in [-0.2, 0) is 4.94 Å². The van der Waals surface area contributed by atoms with Gasteiger partial charge < -0.3 is 11.5 Å². The zero-order valence-corrected chi connectivity index (χ0v) is 4.38. The highest BCUT2D eigenvalue weighted by molar-refractivity contribution is 5.72. The number of nitrogens with one attached hydrogen (secondary N) is 2. The molecule has 0 saturated carbocycles. The molecule has 0 aromatic carbocycles. The smallest absolute Gasteiger partial charge is 0.338 e. The number of amides is 4. The van der Waals surface area contributed by atoms with Crippen molar-refractivity contribution >= 4 is 12.1 Å². The molecule has 0 radical (unpaired) electrons. The number of hydroxylamine groups is 2. The van der Waals surface area contributed by atoms with Gasteiger partial charge in [-0.1, -0.05) is 0 Å². The molecule has 0 rings (SSSR count). The lowest BCUT2D eigenvalue weighted by Crippen LogP contribution is -2.39. The summed E-state index contributed by atoms with van der Waals surface area (Å²) in [7, 11) is 0. The van der Waals surface area contributed by atoms with Crippen LogP contribution in [0.4, 0.5) is 9.59 Å². The molecule has 0 aliphatic carbocycles. The number of nitrogens with two attached hydrogens (primary N) is 2. The van der Waals surface area contributed by atoms with E-state index in [1.165, 1.54) is 0 Å². The van der Waals surface area contributed by atoms with Crippen LogP contribution in [-0.4, -0.2) is 12.1 Å². The fraction of sp³-hybridized carbons (Fsp3) is 0. The zero-order valence-electron chi connectivity index (χ0n) is 4.38. The number of carbonyl (C=O) groups excluding carboxylic acids is 2. The van der Waals surface area contributed by atoms with E-state index < -0.39 is 12.1 Å². The molecule has 6 N–H and O–H groups in total. The Labute approximate surface area is 50.2 Å². The summed E-state index contributed by atoms with van der Waals surface area (Å²) in [6.45, 7) is 0. The Hall–Kier alpha value is -1.50. The van der Waals surface area contributed by atoms with Crippen LogP contribution in [0.3, 0.4) is 0 Å². The summed E-state index contributed by atoms with van der Waals surface area (Å²) in [6, 6.07) is -1.85. The van der Waals surface area contributed by atoms with Crippen molar-refractivity contribution in [1.82, 2.24) is 11.0 Å². The van der Waals surface area contributed by atoms with Crippen LogP contribution in [0.5, 0.6) is 0 Å². The lowest BCUT2D eigenvalue weighted by molar-refractivity contribution is 0.00853. The van der Waals surface area contributed by atoms with Crippen LogP contribution in [0.1, 0.15) is 0 Å². The van der Waals surface area contributed by atoms with Gasteiger partial charge in [-0.15, -0.1) is 0 Å². The summed E-state index contributed by atoms with van der Waals surface area (Å²) in [4.78, 5) is 23.5. The number of hydrogen-bond donors (Lipinski definition) is 4. The van der Waals surface area contributed by atoms with Crippen LogP contribution < -0.4 is 22.4 Å². The highest BCUT2D eigenvalue weighted by Crippen LogP contribution is 1.56. The summed E-state index contributed by atoms with van der Waals surface area (Å²) in [5.41, 5.74) is 12.2. The molecule has 0 fully saturated rings. The first-order chi connectivity index (χ1) is 4.13. The molecule has 0 spiro atoms. The maximum absolute atomic E-state index is 9.77. The summed E-state index contributed by atoms with van der Waals surface area (Å²) in [5.74, 6) is 0. The Morgan fingerprint density at radius 1 is 1.11 bits per heavy atom. The number of hydrogen-bond acceptors (Lipinski definition) is 3. The molecule has 0 heterocycles. The minimum atomic E-state index is -0.927. The molecule has 0 unspecified atom stereocenters. The van der Waals surface area contributed by atoms with Gasteiger partial charge in [-0.2, -0.15) is 15.9 Å². The molecule has 0 saturated heterocycles. The van der Waals surface area contributed by atoms with Gasteiger partial charge in [0.05, 0.1) is 0 Å². The average Bonchev–Trinajstić information content (AvgIpc) is 1.63. The van der Waals surface area contributed by atoms with E-state index in [1.54, 1.807) is 11.0 Å². The third kappa shape index (κ3) is 6.50. The molecule has 9 heavy (non-hydrogen) atoms. The van der Waals surface area contributed by atoms with E-state index in [4.69, 9.17) is 0 Å². The van der Waals surface area contributed by atoms with E-state index in [-0.39, 0.29) is 0 Å². The van der Waals surface area contributed by atoms with E-state index in [1.807, 2.05) is 0 Å². The first-order valence-corrected chi connectivity index (χ1v) is 1.89. The van der Waals surface area contributed by atoms with Crippen LogP contribution >= 0.6 is 0 Å². The maximum atomic E-state index is 9.77. The van der Waals surface area contributed by atoms with Crippen LogP contribution in [0.25, 0.3) is 0 Å². The highest BCUT2D eigenvalue weighted by Gasteiger charge is 1.91. The van der Waals surface area contributed by atoms with Gasteiger partial charge in [0.2, 0.25) is 0 Å². The molecule has 7 nitrogen and oxygen atoms in total. The molecule has 52 valence electrons. The van der Waals surface area contributed by atoms with Gasteiger partial charge in [-0.05, 0) is 0 Å². The molecule has 0 aliphatic heterocycles. The van der Waals surface area contributed by atoms with Crippen molar-refractivity contribution in [1.29, 1.82) is 0 Å². The Morgan fingerprint density at radius 2 is 1.44 bits per heavy atom. The Morgan fingerprint density at radius 3 is 1.67 bits per heavy atom. The summed E-state index contributed by atoms with van der Waals surface area (Å²) >= 11 is 0. The number of carbonyl (C=O) groups is 2. The molecule has 0 bridgehead atoms. The topological polar surface area (TPSA) is 119 Å². The van der Waals surface area contributed by atoms with Crippen molar-refractivity contribution in [2.45, 2.75) is 0 Å². The van der Waals surface area contributed by atoms with E-state index >= 15 is 0 Å². The third-order valence-electron chi connectivity index (χ3n) is 0.303. The van der Waals surface area contributed by atoms with Crippen LogP contribution in [0.2, 0.25) is 0 Å².